The van der Waals surface area contributed by atoms with E-state index in [1.165, 1.54) is 18.6 Å². The molecule has 1 amide bonds. The standard InChI is InChI=1S/C13H17NO2S/c15-13(14-8-9-3-2-6-17-9)11-7-10(11)12-4-1-5-16-12/h1,4-5,9-11H,2-3,6-8H2,(H,14,15)/t9-,10-,11-/m0/s1. The number of hydrogen-bond donors (Lipinski definition) is 1. The molecule has 1 aromatic rings. The Balaban J connectivity index is 1.45. The van der Waals surface area contributed by atoms with E-state index in [9.17, 15) is 4.79 Å². The lowest BCUT2D eigenvalue weighted by atomic mass is 10.2. The molecular formula is C13H17NO2S. The van der Waals surface area contributed by atoms with Crippen molar-refractivity contribution < 1.29 is 9.21 Å². The van der Waals surface area contributed by atoms with E-state index in [4.69, 9.17) is 4.42 Å². The Labute approximate surface area is 105 Å². The van der Waals surface area contributed by atoms with Crippen molar-refractivity contribution >= 4 is 17.7 Å². The van der Waals surface area contributed by atoms with Gasteiger partial charge in [-0.2, -0.15) is 11.8 Å². The van der Waals surface area contributed by atoms with Gasteiger partial charge in [0.1, 0.15) is 5.76 Å². The molecule has 3 nitrogen and oxygen atoms in total. The molecule has 2 aliphatic rings. The molecule has 1 aromatic heterocycles. The lowest BCUT2D eigenvalue weighted by Crippen LogP contribution is -2.31. The fourth-order valence-corrected chi connectivity index (χ4v) is 3.65. The van der Waals surface area contributed by atoms with Crippen LogP contribution >= 0.6 is 11.8 Å². The summed E-state index contributed by atoms with van der Waals surface area (Å²) < 4.78 is 5.33. The Kier molecular flexibility index (Phi) is 3.14. The van der Waals surface area contributed by atoms with Gasteiger partial charge in [-0.15, -0.1) is 0 Å². The normalized spacial score (nSPS) is 31.4. The molecule has 0 spiro atoms. The molecule has 3 atom stereocenters. The van der Waals surface area contributed by atoms with Gasteiger partial charge in [0.2, 0.25) is 5.91 Å². The van der Waals surface area contributed by atoms with Crippen LogP contribution in [-0.2, 0) is 4.79 Å². The summed E-state index contributed by atoms with van der Waals surface area (Å²) in [6, 6.07) is 3.85. The Morgan fingerprint density at radius 1 is 1.59 bits per heavy atom. The van der Waals surface area contributed by atoms with Gasteiger partial charge in [0.05, 0.1) is 6.26 Å². The Hall–Kier alpha value is -0.900. The van der Waals surface area contributed by atoms with Gasteiger partial charge in [-0.3, -0.25) is 4.79 Å². The van der Waals surface area contributed by atoms with E-state index in [1.54, 1.807) is 6.26 Å². The fourth-order valence-electron chi connectivity index (χ4n) is 2.45. The quantitative estimate of drug-likeness (QED) is 0.893. The monoisotopic (exact) mass is 251 g/mol. The third-order valence-corrected chi connectivity index (χ3v) is 4.96. The summed E-state index contributed by atoms with van der Waals surface area (Å²) in [5, 5.41) is 3.72. The van der Waals surface area contributed by atoms with Gasteiger partial charge in [-0.25, -0.2) is 0 Å². The molecule has 0 radical (unpaired) electrons. The highest BCUT2D eigenvalue weighted by Gasteiger charge is 2.45. The maximum Gasteiger partial charge on any atom is 0.223 e. The number of nitrogens with one attached hydrogen (secondary N) is 1. The van der Waals surface area contributed by atoms with Crippen LogP contribution in [0.2, 0.25) is 0 Å². The fraction of sp³-hybridized carbons (Fsp3) is 0.615. The summed E-state index contributed by atoms with van der Waals surface area (Å²) in [4.78, 5) is 11.9. The summed E-state index contributed by atoms with van der Waals surface area (Å²) in [6.45, 7) is 0.838. The van der Waals surface area contributed by atoms with Crippen molar-refractivity contribution in [3.8, 4) is 0 Å². The van der Waals surface area contributed by atoms with Crippen LogP contribution in [0.3, 0.4) is 0 Å². The molecule has 1 saturated heterocycles. The Morgan fingerprint density at radius 3 is 3.24 bits per heavy atom. The third-order valence-electron chi connectivity index (χ3n) is 3.56. The molecule has 1 N–H and O–H groups in total. The predicted molar refractivity (Wildman–Crippen MR) is 68.0 cm³/mol. The van der Waals surface area contributed by atoms with Crippen LogP contribution in [0, 0.1) is 5.92 Å². The first kappa shape index (κ1) is 11.2. The predicted octanol–water partition coefficient (Wildman–Crippen LogP) is 2.39. The first-order valence-corrected chi connectivity index (χ1v) is 7.32. The molecule has 0 unspecified atom stereocenters. The maximum absolute atomic E-state index is 11.9. The first-order valence-electron chi connectivity index (χ1n) is 6.27. The number of furan rings is 1. The van der Waals surface area contributed by atoms with Gasteiger partial charge in [0.25, 0.3) is 0 Å². The highest BCUT2D eigenvalue weighted by molar-refractivity contribution is 8.00. The third kappa shape index (κ3) is 2.51. The number of carbonyl (C=O) groups excluding carboxylic acids is 1. The minimum absolute atomic E-state index is 0.146. The number of hydrogen-bond acceptors (Lipinski definition) is 3. The van der Waals surface area contributed by atoms with Gasteiger partial charge in [-0.05, 0) is 37.1 Å². The van der Waals surface area contributed by atoms with E-state index >= 15 is 0 Å². The van der Waals surface area contributed by atoms with Gasteiger partial charge < -0.3 is 9.73 Å². The molecule has 92 valence electrons. The second kappa shape index (κ2) is 4.77. The minimum atomic E-state index is 0.146. The van der Waals surface area contributed by atoms with Crippen molar-refractivity contribution in [3.63, 3.8) is 0 Å². The van der Waals surface area contributed by atoms with Gasteiger partial charge in [0, 0.05) is 23.6 Å². The van der Waals surface area contributed by atoms with E-state index in [0.717, 1.165) is 18.7 Å². The summed E-state index contributed by atoms with van der Waals surface area (Å²) in [5.74, 6) is 2.88. The molecule has 0 bridgehead atoms. The zero-order valence-electron chi connectivity index (χ0n) is 9.72. The summed E-state index contributed by atoms with van der Waals surface area (Å²) in [5.41, 5.74) is 0. The van der Waals surface area contributed by atoms with Crippen molar-refractivity contribution in [1.29, 1.82) is 0 Å². The average Bonchev–Trinajstić information content (AvgIpc) is 2.82. The molecule has 2 heterocycles. The van der Waals surface area contributed by atoms with Gasteiger partial charge in [-0.1, -0.05) is 0 Å². The SMILES string of the molecule is O=C(NC[C@@H]1CCCS1)[C@H]1C[C@@H]1c1ccco1. The van der Waals surface area contributed by atoms with Gasteiger partial charge >= 0.3 is 0 Å². The highest BCUT2D eigenvalue weighted by atomic mass is 32.2. The molecule has 17 heavy (non-hydrogen) atoms. The number of amides is 1. The number of rotatable bonds is 4. The molecule has 3 rings (SSSR count). The van der Waals surface area contributed by atoms with Crippen LogP contribution in [0.1, 0.15) is 30.9 Å². The zero-order chi connectivity index (χ0) is 11.7. The van der Waals surface area contributed by atoms with E-state index in [0.29, 0.717) is 11.2 Å². The molecule has 1 aliphatic carbocycles. The summed E-state index contributed by atoms with van der Waals surface area (Å²) in [6.07, 6.45) is 5.16. The average molecular weight is 251 g/mol. The largest absolute Gasteiger partial charge is 0.469 e. The summed E-state index contributed by atoms with van der Waals surface area (Å²) >= 11 is 1.98. The molecular weight excluding hydrogens is 234 g/mol. The van der Waals surface area contributed by atoms with Crippen LogP contribution in [0.4, 0.5) is 0 Å². The second-order valence-corrected chi connectivity index (χ2v) is 6.25. The van der Waals surface area contributed by atoms with Crippen LogP contribution in [0.15, 0.2) is 22.8 Å². The second-order valence-electron chi connectivity index (χ2n) is 4.84. The van der Waals surface area contributed by atoms with Crippen molar-refractivity contribution in [3.05, 3.63) is 24.2 Å². The number of carbonyl (C=O) groups is 1. The zero-order valence-corrected chi connectivity index (χ0v) is 10.5. The smallest absolute Gasteiger partial charge is 0.223 e. The molecule has 1 saturated carbocycles. The van der Waals surface area contributed by atoms with Gasteiger partial charge in [0.15, 0.2) is 0 Å². The van der Waals surface area contributed by atoms with E-state index in [2.05, 4.69) is 5.32 Å². The van der Waals surface area contributed by atoms with Crippen LogP contribution in [0.25, 0.3) is 0 Å². The Bertz CT molecular complexity index is 384. The Morgan fingerprint density at radius 2 is 2.53 bits per heavy atom. The van der Waals surface area contributed by atoms with E-state index < -0.39 is 0 Å². The lowest BCUT2D eigenvalue weighted by molar-refractivity contribution is -0.122. The molecule has 2 fully saturated rings. The van der Waals surface area contributed by atoms with Crippen molar-refractivity contribution in [1.82, 2.24) is 5.32 Å². The van der Waals surface area contributed by atoms with E-state index in [-0.39, 0.29) is 11.8 Å². The minimum Gasteiger partial charge on any atom is -0.469 e. The summed E-state index contributed by atoms with van der Waals surface area (Å²) in [7, 11) is 0. The molecule has 0 aromatic carbocycles. The van der Waals surface area contributed by atoms with Crippen LogP contribution < -0.4 is 5.32 Å². The first-order chi connectivity index (χ1) is 8.34. The maximum atomic E-state index is 11.9. The lowest BCUT2D eigenvalue weighted by Gasteiger charge is -2.09. The van der Waals surface area contributed by atoms with Crippen molar-refractivity contribution in [2.45, 2.75) is 30.4 Å². The van der Waals surface area contributed by atoms with E-state index in [1.807, 2.05) is 23.9 Å². The van der Waals surface area contributed by atoms with Crippen LogP contribution in [0.5, 0.6) is 0 Å². The molecule has 1 aliphatic heterocycles. The van der Waals surface area contributed by atoms with Crippen molar-refractivity contribution in [2.75, 3.05) is 12.3 Å². The van der Waals surface area contributed by atoms with Crippen molar-refractivity contribution in [2.24, 2.45) is 5.92 Å². The van der Waals surface area contributed by atoms with Crippen LogP contribution in [-0.4, -0.2) is 23.5 Å². The highest BCUT2D eigenvalue weighted by Crippen LogP contribution is 2.47. The number of thioether (sulfide) groups is 1. The topological polar surface area (TPSA) is 42.2 Å². The molecule has 4 heteroatoms.